The molecule has 20 heavy (non-hydrogen) atoms. The van der Waals surface area contributed by atoms with Crippen molar-refractivity contribution in [3.05, 3.63) is 0 Å². The van der Waals surface area contributed by atoms with E-state index in [0.717, 1.165) is 0 Å². The van der Waals surface area contributed by atoms with Gasteiger partial charge in [-0.15, -0.1) is 0 Å². The molecule has 0 aromatic carbocycles. The number of rotatable bonds is 15. The minimum absolute atomic E-state index is 0.0697. The van der Waals surface area contributed by atoms with Crippen LogP contribution in [-0.4, -0.2) is 5.97 Å². The Morgan fingerprint density at radius 1 is 0.750 bits per heavy atom. The minimum atomic E-state index is -0.948. The molecule has 0 aliphatic heterocycles. The van der Waals surface area contributed by atoms with Gasteiger partial charge in [-0.25, -0.2) is 0 Å². The molecule has 0 radical (unpaired) electrons. The predicted octanol–water partition coefficient (Wildman–Crippen LogP) is 6.06. The van der Waals surface area contributed by atoms with E-state index in [1.165, 1.54) is 95.4 Å². The zero-order chi connectivity index (χ0) is 14.9. The topological polar surface area (TPSA) is 26.3 Å². The first kappa shape index (κ1) is 20.1. The molecule has 2 nitrogen and oxygen atoms in total. The van der Waals surface area contributed by atoms with Gasteiger partial charge in [0, 0.05) is 0 Å². The normalized spacial score (nSPS) is 10.3. The Morgan fingerprint density at radius 3 is 1.55 bits per heavy atom. The summed E-state index contributed by atoms with van der Waals surface area (Å²) in [7, 11) is 0. The summed E-state index contributed by atoms with van der Waals surface area (Å²) in [5.41, 5.74) is 0. The molecule has 0 amide bonds. The molecule has 0 fully saturated rings. The fraction of sp³-hybridized carbons (Fsp3) is 0.941. The van der Waals surface area contributed by atoms with E-state index in [2.05, 4.69) is 6.92 Å². The van der Waals surface area contributed by atoms with Crippen LogP contribution in [0, 0.1) is 0 Å². The van der Waals surface area contributed by atoms with Crippen LogP contribution in [-0.2, 0) is 25.8 Å². The van der Waals surface area contributed by atoms with Gasteiger partial charge in [0.25, 0.3) is 0 Å². The van der Waals surface area contributed by atoms with Crippen LogP contribution in [0.5, 0.6) is 0 Å². The van der Waals surface area contributed by atoms with Gasteiger partial charge >= 0.3 is 114 Å². The maximum atomic E-state index is 10.6. The molecule has 0 aromatic rings. The average Bonchev–Trinajstić information content (AvgIpc) is 2.43. The predicted molar refractivity (Wildman–Crippen MR) is 82.3 cm³/mol. The molecule has 3 heteroatoms. The molecule has 0 saturated carbocycles. The van der Waals surface area contributed by atoms with E-state index in [0.29, 0.717) is 0 Å². The third kappa shape index (κ3) is 18.1. The van der Waals surface area contributed by atoms with E-state index in [1.54, 1.807) is 0 Å². The SMILES string of the molecule is CCCCCCCCCCCCCC[CH2][Zn][O]C(C)=O. The van der Waals surface area contributed by atoms with Crippen molar-refractivity contribution in [1.82, 2.24) is 0 Å². The molecular formula is C17H34O2Zn. The van der Waals surface area contributed by atoms with Crippen LogP contribution in [0.25, 0.3) is 0 Å². The number of carbonyl (C=O) groups is 1. The molecule has 0 aliphatic rings. The molecule has 0 bridgehead atoms. The Balaban J connectivity index is 2.94. The second-order valence-corrected chi connectivity index (χ2v) is 8.88. The van der Waals surface area contributed by atoms with Crippen molar-refractivity contribution in [1.29, 1.82) is 0 Å². The van der Waals surface area contributed by atoms with Gasteiger partial charge in [-0.2, -0.15) is 0 Å². The van der Waals surface area contributed by atoms with Gasteiger partial charge in [-0.3, -0.25) is 0 Å². The Bertz CT molecular complexity index is 207. The van der Waals surface area contributed by atoms with E-state index in [4.69, 9.17) is 3.56 Å². The van der Waals surface area contributed by atoms with Crippen molar-refractivity contribution < 1.29 is 25.8 Å². The molecule has 0 spiro atoms. The Hall–Kier alpha value is 0.0934. The zero-order valence-electron chi connectivity index (χ0n) is 13.9. The molecule has 116 valence electrons. The number of carbonyl (C=O) groups excluding carboxylic acids is 1. The van der Waals surface area contributed by atoms with Crippen molar-refractivity contribution in [3.8, 4) is 0 Å². The van der Waals surface area contributed by atoms with E-state index < -0.39 is 17.5 Å². The molecular weight excluding hydrogens is 302 g/mol. The molecule has 0 atom stereocenters. The summed E-state index contributed by atoms with van der Waals surface area (Å²) in [6.45, 7) is 3.80. The summed E-state index contributed by atoms with van der Waals surface area (Å²) in [6, 6.07) is 0. The van der Waals surface area contributed by atoms with E-state index in [1.807, 2.05) is 0 Å². The van der Waals surface area contributed by atoms with Gasteiger partial charge in [0.05, 0.1) is 0 Å². The summed E-state index contributed by atoms with van der Waals surface area (Å²) in [5.74, 6) is -0.0697. The van der Waals surface area contributed by atoms with E-state index in [9.17, 15) is 4.79 Å². The van der Waals surface area contributed by atoms with Crippen LogP contribution >= 0.6 is 0 Å². The monoisotopic (exact) mass is 334 g/mol. The zero-order valence-corrected chi connectivity index (χ0v) is 16.9. The van der Waals surface area contributed by atoms with Gasteiger partial charge < -0.3 is 0 Å². The van der Waals surface area contributed by atoms with Crippen molar-refractivity contribution in [3.63, 3.8) is 0 Å². The first-order chi connectivity index (χ1) is 9.77. The summed E-state index contributed by atoms with van der Waals surface area (Å²) in [6.07, 6.45) is 18.2. The third-order valence-corrected chi connectivity index (χ3v) is 6.74. The number of hydrogen-bond donors (Lipinski definition) is 0. The van der Waals surface area contributed by atoms with Crippen molar-refractivity contribution in [2.45, 2.75) is 102 Å². The summed E-state index contributed by atoms with van der Waals surface area (Å²) in [4.78, 5) is 10.6. The second-order valence-electron chi connectivity index (χ2n) is 5.94. The first-order valence-corrected chi connectivity index (χ1v) is 12.2. The molecule has 0 aromatic heterocycles. The standard InChI is InChI=1S/C15H31.C2H4O2.Zn/c1-3-5-7-9-11-13-15-14-12-10-8-6-4-2;1-2(3)4;/h1,3-15H2,2H3;1H3,(H,3,4);/q;;+1/p-1. The molecule has 0 unspecified atom stereocenters. The fourth-order valence-corrected chi connectivity index (χ4v) is 4.59. The van der Waals surface area contributed by atoms with Gasteiger partial charge in [-0.1, -0.05) is 19.8 Å². The molecule has 0 N–H and O–H groups in total. The van der Waals surface area contributed by atoms with Crippen molar-refractivity contribution in [2.24, 2.45) is 0 Å². The van der Waals surface area contributed by atoms with Gasteiger partial charge in [-0.05, 0) is 0 Å². The first-order valence-electron chi connectivity index (χ1n) is 8.90. The Labute approximate surface area is 134 Å². The molecule has 0 saturated heterocycles. The summed E-state index contributed by atoms with van der Waals surface area (Å²) < 4.78 is 5.10. The Kier molecular flexibility index (Phi) is 17.2. The van der Waals surface area contributed by atoms with Crippen LogP contribution in [0.15, 0.2) is 0 Å². The van der Waals surface area contributed by atoms with Crippen LogP contribution in [0.1, 0.15) is 97.3 Å². The fourth-order valence-electron chi connectivity index (χ4n) is 2.51. The van der Waals surface area contributed by atoms with Gasteiger partial charge in [0.1, 0.15) is 0 Å². The molecule has 0 rings (SSSR count). The molecule has 0 aliphatic carbocycles. The summed E-state index contributed by atoms with van der Waals surface area (Å²) in [5, 5.41) is 1.21. The van der Waals surface area contributed by atoms with Crippen molar-refractivity contribution >= 4 is 5.97 Å². The van der Waals surface area contributed by atoms with Crippen molar-refractivity contribution in [2.75, 3.05) is 0 Å². The van der Waals surface area contributed by atoms with Crippen LogP contribution in [0.4, 0.5) is 0 Å². The second kappa shape index (κ2) is 17.1. The van der Waals surface area contributed by atoms with Gasteiger partial charge in [0.15, 0.2) is 0 Å². The number of hydrogen-bond acceptors (Lipinski definition) is 2. The number of unbranched alkanes of at least 4 members (excludes halogenated alkanes) is 12. The molecule has 0 heterocycles. The Morgan fingerprint density at radius 2 is 1.15 bits per heavy atom. The van der Waals surface area contributed by atoms with Crippen LogP contribution in [0.2, 0.25) is 5.02 Å². The van der Waals surface area contributed by atoms with Crippen LogP contribution in [0.3, 0.4) is 0 Å². The average molecular weight is 336 g/mol. The summed E-state index contributed by atoms with van der Waals surface area (Å²) >= 11 is -0.948. The third-order valence-electron chi connectivity index (χ3n) is 3.80. The van der Waals surface area contributed by atoms with E-state index >= 15 is 0 Å². The van der Waals surface area contributed by atoms with E-state index in [-0.39, 0.29) is 5.97 Å². The van der Waals surface area contributed by atoms with Crippen LogP contribution < -0.4 is 0 Å². The quantitative estimate of drug-likeness (QED) is 0.269. The maximum absolute atomic E-state index is 10.6. The van der Waals surface area contributed by atoms with Gasteiger partial charge in [0.2, 0.25) is 0 Å².